The van der Waals surface area contributed by atoms with Crippen LogP contribution in [0.1, 0.15) is 12.5 Å². The maximum absolute atomic E-state index is 12.8. The first-order valence-corrected chi connectivity index (χ1v) is 10.5. The summed E-state index contributed by atoms with van der Waals surface area (Å²) < 4.78 is 27.1. The Labute approximate surface area is 167 Å². The van der Waals surface area contributed by atoms with Gasteiger partial charge in [0.15, 0.2) is 0 Å². The number of nitro groups is 2. The Balaban J connectivity index is 1.80. The van der Waals surface area contributed by atoms with Crippen LogP contribution in [0.2, 0.25) is 0 Å². The monoisotopic (exact) mass is 420 g/mol. The van der Waals surface area contributed by atoms with Gasteiger partial charge in [-0.25, -0.2) is 8.42 Å². The summed E-state index contributed by atoms with van der Waals surface area (Å²) in [4.78, 5) is 22.7. The van der Waals surface area contributed by atoms with Crippen LogP contribution in [-0.2, 0) is 15.8 Å². The molecule has 1 aliphatic heterocycles. The molecule has 3 rings (SSSR count). The molecule has 0 aromatic heterocycles. The van der Waals surface area contributed by atoms with Crippen LogP contribution in [0.3, 0.4) is 0 Å². The molecule has 0 unspecified atom stereocenters. The number of piperazine rings is 1. The second kappa shape index (κ2) is 8.13. The van der Waals surface area contributed by atoms with Crippen LogP contribution in [-0.4, -0.2) is 48.2 Å². The van der Waals surface area contributed by atoms with Crippen molar-refractivity contribution in [3.05, 3.63) is 74.3 Å². The Morgan fingerprint density at radius 2 is 1.72 bits per heavy atom. The van der Waals surface area contributed by atoms with Crippen molar-refractivity contribution >= 4 is 27.1 Å². The number of benzene rings is 2. The molecule has 1 atom stereocenters. The van der Waals surface area contributed by atoms with Gasteiger partial charge >= 0.3 is 0 Å². The molecule has 1 aliphatic rings. The van der Waals surface area contributed by atoms with E-state index >= 15 is 0 Å². The number of rotatable bonds is 6. The Kier molecular flexibility index (Phi) is 5.80. The highest BCUT2D eigenvalue weighted by molar-refractivity contribution is 7.88. The predicted molar refractivity (Wildman–Crippen MR) is 107 cm³/mol. The van der Waals surface area contributed by atoms with Crippen molar-refractivity contribution in [1.82, 2.24) is 4.31 Å². The molecule has 29 heavy (non-hydrogen) atoms. The first-order valence-electron chi connectivity index (χ1n) is 8.90. The van der Waals surface area contributed by atoms with Gasteiger partial charge < -0.3 is 4.90 Å². The van der Waals surface area contributed by atoms with E-state index in [2.05, 4.69) is 0 Å². The van der Waals surface area contributed by atoms with Gasteiger partial charge in [0.2, 0.25) is 10.0 Å². The third-order valence-corrected chi connectivity index (χ3v) is 6.78. The average Bonchev–Trinajstić information content (AvgIpc) is 2.67. The number of nitro benzene ring substituents is 2. The molecule has 0 amide bonds. The van der Waals surface area contributed by atoms with E-state index < -0.39 is 25.9 Å². The maximum Gasteiger partial charge on any atom is 0.299 e. The molecule has 2 aromatic rings. The number of anilines is 1. The van der Waals surface area contributed by atoms with Crippen molar-refractivity contribution < 1.29 is 18.3 Å². The Hall–Kier alpha value is -3.05. The van der Waals surface area contributed by atoms with Crippen LogP contribution in [0.5, 0.6) is 0 Å². The van der Waals surface area contributed by atoms with Gasteiger partial charge in [0, 0.05) is 31.7 Å². The zero-order chi connectivity index (χ0) is 21.2. The molecule has 1 saturated heterocycles. The molecular formula is C18H20N4O6S. The van der Waals surface area contributed by atoms with Crippen molar-refractivity contribution in [3.8, 4) is 0 Å². The quantitative estimate of drug-likeness (QED) is 0.519. The van der Waals surface area contributed by atoms with Crippen LogP contribution in [0, 0.1) is 20.2 Å². The molecule has 1 heterocycles. The van der Waals surface area contributed by atoms with Crippen LogP contribution >= 0.6 is 0 Å². The zero-order valence-corrected chi connectivity index (χ0v) is 16.5. The third kappa shape index (κ3) is 4.51. The summed E-state index contributed by atoms with van der Waals surface area (Å²) in [5.74, 6) is -0.115. The summed E-state index contributed by atoms with van der Waals surface area (Å²) >= 11 is 0. The van der Waals surface area contributed by atoms with Crippen molar-refractivity contribution in [2.24, 2.45) is 0 Å². The SMILES string of the molecule is C[C@H]1CN(c2ccc([N+](=O)[O-])cc2[N+](=O)[O-])CCN1S(=O)(=O)Cc1ccccc1. The van der Waals surface area contributed by atoms with Crippen LogP contribution in [0.25, 0.3) is 0 Å². The number of hydrogen-bond acceptors (Lipinski definition) is 7. The van der Waals surface area contributed by atoms with Gasteiger partial charge in [-0.05, 0) is 18.6 Å². The lowest BCUT2D eigenvalue weighted by atomic mass is 10.1. The van der Waals surface area contributed by atoms with Crippen LogP contribution in [0.4, 0.5) is 17.1 Å². The molecule has 0 spiro atoms. The van der Waals surface area contributed by atoms with Gasteiger partial charge in [-0.1, -0.05) is 30.3 Å². The lowest BCUT2D eigenvalue weighted by Crippen LogP contribution is -2.54. The number of nitrogens with zero attached hydrogens (tertiary/aromatic N) is 4. The molecule has 2 aromatic carbocycles. The standard InChI is InChI=1S/C18H20N4O6S/c1-14-12-19(17-8-7-16(21(23)24)11-18(17)22(25)26)9-10-20(14)29(27,28)13-15-5-3-2-4-6-15/h2-8,11,14H,9-10,12-13H2,1H3/t14-/m0/s1. The molecule has 0 bridgehead atoms. The summed E-state index contributed by atoms with van der Waals surface area (Å²) in [7, 11) is -3.55. The topological polar surface area (TPSA) is 127 Å². The first kappa shape index (κ1) is 20.7. The van der Waals surface area contributed by atoms with E-state index in [0.717, 1.165) is 6.07 Å². The number of non-ortho nitro benzene ring substituents is 1. The molecule has 154 valence electrons. The minimum absolute atomic E-state index is 0.115. The van der Waals surface area contributed by atoms with E-state index in [-0.39, 0.29) is 42.4 Å². The number of sulfonamides is 1. The predicted octanol–water partition coefficient (Wildman–Crippen LogP) is 2.54. The molecule has 0 saturated carbocycles. The molecule has 11 heteroatoms. The largest absolute Gasteiger partial charge is 0.363 e. The van der Waals surface area contributed by atoms with E-state index in [1.165, 1.54) is 16.4 Å². The summed E-state index contributed by atoms with van der Waals surface area (Å²) in [5, 5.41) is 22.3. The van der Waals surface area contributed by atoms with Gasteiger partial charge in [-0.15, -0.1) is 0 Å². The molecular weight excluding hydrogens is 400 g/mol. The highest BCUT2D eigenvalue weighted by Crippen LogP contribution is 2.33. The highest BCUT2D eigenvalue weighted by Gasteiger charge is 2.35. The maximum atomic E-state index is 12.8. The molecule has 0 aliphatic carbocycles. The second-order valence-electron chi connectivity index (χ2n) is 6.83. The normalized spacial score (nSPS) is 17.8. The summed E-state index contributed by atoms with van der Waals surface area (Å²) in [6.45, 7) is 2.40. The Morgan fingerprint density at radius 1 is 1.03 bits per heavy atom. The summed E-state index contributed by atoms with van der Waals surface area (Å²) in [6.07, 6.45) is 0. The van der Waals surface area contributed by atoms with Gasteiger partial charge in [0.05, 0.1) is 21.7 Å². The van der Waals surface area contributed by atoms with E-state index in [1.807, 2.05) is 6.07 Å². The average molecular weight is 420 g/mol. The molecule has 0 N–H and O–H groups in total. The van der Waals surface area contributed by atoms with Gasteiger partial charge in [-0.3, -0.25) is 20.2 Å². The summed E-state index contributed by atoms with van der Waals surface area (Å²) in [6, 6.07) is 11.9. The minimum Gasteiger partial charge on any atom is -0.363 e. The van der Waals surface area contributed by atoms with E-state index in [0.29, 0.717) is 5.56 Å². The van der Waals surface area contributed by atoms with Gasteiger partial charge in [0.1, 0.15) is 5.69 Å². The van der Waals surface area contributed by atoms with Gasteiger partial charge in [0.25, 0.3) is 11.4 Å². The molecule has 1 fully saturated rings. The van der Waals surface area contributed by atoms with Crippen molar-refractivity contribution in [2.45, 2.75) is 18.7 Å². The Morgan fingerprint density at radius 3 is 2.31 bits per heavy atom. The lowest BCUT2D eigenvalue weighted by Gasteiger charge is -2.39. The zero-order valence-electron chi connectivity index (χ0n) is 15.7. The van der Waals surface area contributed by atoms with Gasteiger partial charge in [-0.2, -0.15) is 4.31 Å². The van der Waals surface area contributed by atoms with E-state index in [9.17, 15) is 28.6 Å². The fraction of sp³-hybridized carbons (Fsp3) is 0.333. The number of hydrogen-bond donors (Lipinski definition) is 0. The third-order valence-electron chi connectivity index (χ3n) is 4.82. The van der Waals surface area contributed by atoms with Crippen LogP contribution < -0.4 is 4.90 Å². The fourth-order valence-corrected chi connectivity index (χ4v) is 5.23. The fourth-order valence-electron chi connectivity index (χ4n) is 3.48. The molecule has 10 nitrogen and oxygen atoms in total. The van der Waals surface area contributed by atoms with Crippen molar-refractivity contribution in [3.63, 3.8) is 0 Å². The van der Waals surface area contributed by atoms with Crippen molar-refractivity contribution in [1.29, 1.82) is 0 Å². The smallest absolute Gasteiger partial charge is 0.299 e. The van der Waals surface area contributed by atoms with E-state index in [4.69, 9.17) is 0 Å². The first-order chi connectivity index (χ1) is 13.7. The lowest BCUT2D eigenvalue weighted by molar-refractivity contribution is -0.393. The minimum atomic E-state index is -3.55. The summed E-state index contributed by atoms with van der Waals surface area (Å²) in [5.41, 5.74) is 0.199. The highest BCUT2D eigenvalue weighted by atomic mass is 32.2. The second-order valence-corrected chi connectivity index (χ2v) is 8.76. The van der Waals surface area contributed by atoms with Crippen LogP contribution in [0.15, 0.2) is 48.5 Å². The van der Waals surface area contributed by atoms with E-state index in [1.54, 1.807) is 36.1 Å². The van der Waals surface area contributed by atoms with Crippen molar-refractivity contribution in [2.75, 3.05) is 24.5 Å². The Bertz CT molecular complexity index is 1030. The molecule has 0 radical (unpaired) electrons.